The molecule has 2 aliphatic rings. The van der Waals surface area contributed by atoms with E-state index in [1.807, 2.05) is 0 Å². The van der Waals surface area contributed by atoms with E-state index in [0.717, 1.165) is 18.2 Å². The highest BCUT2D eigenvalue weighted by atomic mass is 16.5. The van der Waals surface area contributed by atoms with Crippen LogP contribution in [0.15, 0.2) is 48.5 Å². The molecule has 27 heavy (non-hydrogen) atoms. The Labute approximate surface area is 162 Å². The Morgan fingerprint density at radius 1 is 0.630 bits per heavy atom. The molecule has 2 saturated heterocycles. The normalized spacial score (nSPS) is 28.1. The van der Waals surface area contributed by atoms with E-state index in [-0.39, 0.29) is 0 Å². The molecule has 4 rings (SSSR count). The molecule has 2 aromatic carbocycles. The van der Waals surface area contributed by atoms with Crippen LogP contribution in [0.2, 0.25) is 0 Å². The van der Waals surface area contributed by atoms with E-state index in [9.17, 15) is 0 Å². The predicted molar refractivity (Wildman–Crippen MR) is 108 cm³/mol. The third-order valence-corrected chi connectivity index (χ3v) is 6.00. The monoisotopic (exact) mass is 366 g/mol. The summed E-state index contributed by atoms with van der Waals surface area (Å²) in [5, 5.41) is 0. The summed E-state index contributed by atoms with van der Waals surface area (Å²) in [7, 11) is 3.45. The molecule has 2 aromatic rings. The van der Waals surface area contributed by atoms with Crippen LogP contribution in [-0.2, 0) is 0 Å². The lowest BCUT2D eigenvalue weighted by Crippen LogP contribution is -2.27. The fourth-order valence-electron chi connectivity index (χ4n) is 4.60. The predicted octanol–water partition coefficient (Wildman–Crippen LogP) is 4.64. The molecular weight excluding hydrogens is 336 g/mol. The molecular formula is C23H30N2O2. The van der Waals surface area contributed by atoms with Crippen LogP contribution in [-0.4, -0.2) is 43.8 Å². The first-order valence-electron chi connectivity index (χ1n) is 10.1. The quantitative estimate of drug-likeness (QED) is 0.787. The number of hydrogen-bond acceptors (Lipinski definition) is 4. The van der Waals surface area contributed by atoms with Crippen molar-refractivity contribution < 1.29 is 9.47 Å². The Balaban J connectivity index is 1.71. The van der Waals surface area contributed by atoms with E-state index in [4.69, 9.17) is 9.47 Å². The summed E-state index contributed by atoms with van der Waals surface area (Å²) in [6.07, 6.45) is 5.26. The van der Waals surface area contributed by atoms with Crippen molar-refractivity contribution >= 4 is 0 Å². The van der Waals surface area contributed by atoms with Crippen LogP contribution < -0.4 is 9.47 Å². The molecule has 4 atom stereocenters. The molecule has 0 radical (unpaired) electrons. The summed E-state index contributed by atoms with van der Waals surface area (Å²) in [6, 6.07) is 18.1. The van der Waals surface area contributed by atoms with Crippen molar-refractivity contribution in [1.29, 1.82) is 0 Å². The van der Waals surface area contributed by atoms with E-state index in [1.54, 1.807) is 14.2 Å². The summed E-state index contributed by atoms with van der Waals surface area (Å²) in [4.78, 5) is 5.34. The zero-order valence-corrected chi connectivity index (χ0v) is 16.4. The maximum atomic E-state index is 5.37. The van der Waals surface area contributed by atoms with Gasteiger partial charge in [-0.3, -0.25) is 9.80 Å². The molecule has 4 heteroatoms. The van der Waals surface area contributed by atoms with E-state index in [1.165, 1.54) is 49.9 Å². The zero-order chi connectivity index (χ0) is 18.6. The van der Waals surface area contributed by atoms with Crippen molar-refractivity contribution in [2.75, 3.05) is 34.0 Å². The highest BCUT2D eigenvalue weighted by Gasteiger charge is 2.41. The summed E-state index contributed by atoms with van der Waals surface area (Å²) < 4.78 is 10.7. The van der Waals surface area contributed by atoms with Gasteiger partial charge in [0, 0.05) is 13.1 Å². The lowest BCUT2D eigenvalue weighted by molar-refractivity contribution is 0.223. The molecule has 0 N–H and O–H groups in total. The van der Waals surface area contributed by atoms with E-state index >= 15 is 0 Å². The Kier molecular flexibility index (Phi) is 5.65. The Morgan fingerprint density at radius 3 is 1.41 bits per heavy atom. The minimum Gasteiger partial charge on any atom is -0.497 e. The SMILES string of the molecule is COc1ccc([C@@H]2[C@@H](c3ccc(OC)cc3)N3CCCCCCN2C3)cc1. The smallest absolute Gasteiger partial charge is 0.118 e. The summed E-state index contributed by atoms with van der Waals surface area (Å²) >= 11 is 0. The topological polar surface area (TPSA) is 24.9 Å². The van der Waals surface area contributed by atoms with Gasteiger partial charge in [0.25, 0.3) is 0 Å². The highest BCUT2D eigenvalue weighted by Crippen LogP contribution is 2.45. The number of benzene rings is 2. The van der Waals surface area contributed by atoms with Crippen LogP contribution in [0.3, 0.4) is 0 Å². The van der Waals surface area contributed by atoms with Gasteiger partial charge in [0.2, 0.25) is 0 Å². The molecule has 0 aliphatic carbocycles. The number of methoxy groups -OCH3 is 2. The third kappa shape index (κ3) is 3.83. The standard InChI is InChI=1S/C23H30N2O2/c1-26-20-11-7-18(8-12-20)22-23(19-9-13-21(27-2)14-10-19)25-16-6-4-3-5-15-24(22)17-25/h7-14,22-23H,3-6,15-17H2,1-2H3/t22-,23-/m1/s1. The van der Waals surface area contributed by atoms with Crippen LogP contribution in [0.4, 0.5) is 0 Å². The molecule has 2 fully saturated rings. The largest absolute Gasteiger partial charge is 0.497 e. The fraction of sp³-hybridized carbons (Fsp3) is 0.478. The molecule has 0 aromatic heterocycles. The molecule has 2 aliphatic heterocycles. The first kappa shape index (κ1) is 18.3. The maximum absolute atomic E-state index is 5.37. The Hall–Kier alpha value is -2.04. The number of rotatable bonds is 4. The lowest BCUT2D eigenvalue weighted by Gasteiger charge is -2.30. The summed E-state index contributed by atoms with van der Waals surface area (Å²) in [6.45, 7) is 3.38. The second-order valence-corrected chi connectivity index (χ2v) is 7.62. The van der Waals surface area contributed by atoms with Crippen LogP contribution >= 0.6 is 0 Å². The Morgan fingerprint density at radius 2 is 1.04 bits per heavy atom. The van der Waals surface area contributed by atoms with Gasteiger partial charge in [0.1, 0.15) is 11.5 Å². The van der Waals surface area contributed by atoms with Crippen LogP contribution in [0.5, 0.6) is 11.5 Å². The minimum absolute atomic E-state index is 0.377. The molecule has 4 nitrogen and oxygen atoms in total. The molecule has 0 spiro atoms. The third-order valence-electron chi connectivity index (χ3n) is 6.00. The van der Waals surface area contributed by atoms with Crippen molar-refractivity contribution in [3.05, 3.63) is 59.7 Å². The zero-order valence-electron chi connectivity index (χ0n) is 16.4. The number of fused-ring (bicyclic) bond motifs is 2. The first-order chi connectivity index (χ1) is 13.3. The fourth-order valence-corrected chi connectivity index (χ4v) is 4.60. The second-order valence-electron chi connectivity index (χ2n) is 7.62. The van der Waals surface area contributed by atoms with Crippen LogP contribution in [0.1, 0.15) is 48.9 Å². The lowest BCUT2D eigenvalue weighted by atomic mass is 9.92. The number of ether oxygens (including phenoxy) is 2. The molecule has 144 valence electrons. The number of hydrogen-bond donors (Lipinski definition) is 0. The van der Waals surface area contributed by atoms with Crippen LogP contribution in [0.25, 0.3) is 0 Å². The van der Waals surface area contributed by atoms with Crippen LogP contribution in [0, 0.1) is 0 Å². The molecule has 2 unspecified atom stereocenters. The number of nitrogens with zero attached hydrogens (tertiary/aromatic N) is 2. The van der Waals surface area contributed by atoms with Crippen molar-refractivity contribution in [2.24, 2.45) is 0 Å². The average Bonchev–Trinajstić information content (AvgIpc) is 3.14. The highest BCUT2D eigenvalue weighted by molar-refractivity contribution is 5.35. The van der Waals surface area contributed by atoms with Gasteiger partial charge in [-0.15, -0.1) is 0 Å². The van der Waals surface area contributed by atoms with Gasteiger partial charge in [0.15, 0.2) is 0 Å². The molecule has 2 bridgehead atoms. The van der Waals surface area contributed by atoms with Gasteiger partial charge in [-0.25, -0.2) is 0 Å². The van der Waals surface area contributed by atoms with E-state index < -0.39 is 0 Å². The first-order valence-corrected chi connectivity index (χ1v) is 10.1. The van der Waals surface area contributed by atoms with E-state index in [0.29, 0.717) is 12.1 Å². The van der Waals surface area contributed by atoms with Gasteiger partial charge in [-0.2, -0.15) is 0 Å². The summed E-state index contributed by atoms with van der Waals surface area (Å²) in [5.41, 5.74) is 2.75. The van der Waals surface area contributed by atoms with Gasteiger partial charge >= 0.3 is 0 Å². The average molecular weight is 367 g/mol. The van der Waals surface area contributed by atoms with E-state index in [2.05, 4.69) is 58.3 Å². The van der Waals surface area contributed by atoms with Gasteiger partial charge in [0.05, 0.1) is 33.0 Å². The molecule has 0 amide bonds. The molecule has 0 saturated carbocycles. The van der Waals surface area contributed by atoms with Gasteiger partial charge in [-0.1, -0.05) is 37.1 Å². The Bertz CT molecular complexity index is 666. The summed E-state index contributed by atoms with van der Waals surface area (Å²) in [5.74, 6) is 1.84. The molecule has 2 heterocycles. The van der Waals surface area contributed by atoms with Crippen molar-refractivity contribution in [1.82, 2.24) is 9.80 Å². The van der Waals surface area contributed by atoms with Crippen molar-refractivity contribution in [3.8, 4) is 11.5 Å². The van der Waals surface area contributed by atoms with Gasteiger partial charge < -0.3 is 9.47 Å². The minimum atomic E-state index is 0.377. The van der Waals surface area contributed by atoms with Crippen molar-refractivity contribution in [2.45, 2.75) is 37.8 Å². The van der Waals surface area contributed by atoms with Gasteiger partial charge in [-0.05, 0) is 48.2 Å². The second kappa shape index (κ2) is 8.32. The van der Waals surface area contributed by atoms with Crippen molar-refractivity contribution in [3.63, 3.8) is 0 Å². The maximum Gasteiger partial charge on any atom is 0.118 e.